The molecule has 2 aromatic rings. The van der Waals surface area contributed by atoms with Crippen molar-refractivity contribution >= 4 is 12.3 Å². The maximum atomic E-state index is 11.8. The fraction of sp³-hybridized carbons (Fsp3) is 0.176. The fourth-order valence-electron chi connectivity index (χ4n) is 1.82. The van der Waals surface area contributed by atoms with Crippen molar-refractivity contribution in [3.63, 3.8) is 0 Å². The third kappa shape index (κ3) is 3.92. The van der Waals surface area contributed by atoms with Crippen molar-refractivity contribution in [3.05, 3.63) is 59.2 Å². The van der Waals surface area contributed by atoms with Gasteiger partial charge in [-0.1, -0.05) is 24.3 Å². The smallest absolute Gasteiger partial charge is 0.349 e. The van der Waals surface area contributed by atoms with Crippen LogP contribution in [0.5, 0.6) is 11.5 Å². The maximum absolute atomic E-state index is 11.8. The highest BCUT2D eigenvalue weighted by molar-refractivity contribution is 5.82. The molecule has 0 heterocycles. The lowest BCUT2D eigenvalue weighted by Crippen LogP contribution is -2.18. The number of aldehydes is 1. The van der Waals surface area contributed by atoms with Gasteiger partial charge in [0.15, 0.2) is 12.9 Å². The van der Waals surface area contributed by atoms with Crippen molar-refractivity contribution < 1.29 is 19.1 Å². The van der Waals surface area contributed by atoms with E-state index in [9.17, 15) is 9.59 Å². The molecule has 0 radical (unpaired) electrons. The van der Waals surface area contributed by atoms with Gasteiger partial charge in [0.2, 0.25) is 0 Å². The highest BCUT2D eigenvalue weighted by atomic mass is 16.6. The Morgan fingerprint density at radius 1 is 1.10 bits per heavy atom. The number of esters is 1. The van der Waals surface area contributed by atoms with Crippen molar-refractivity contribution in [2.24, 2.45) is 0 Å². The molecule has 0 aliphatic heterocycles. The Labute approximate surface area is 123 Å². The van der Waals surface area contributed by atoms with Crippen molar-refractivity contribution in [3.8, 4) is 11.5 Å². The Hall–Kier alpha value is -2.62. The molecular weight excluding hydrogens is 268 g/mol. The summed E-state index contributed by atoms with van der Waals surface area (Å²) in [6.07, 6.45) is 0.647. The molecule has 0 spiro atoms. The monoisotopic (exact) mass is 284 g/mol. The molecule has 0 aliphatic rings. The second kappa shape index (κ2) is 6.70. The Kier molecular flexibility index (Phi) is 4.72. The summed E-state index contributed by atoms with van der Waals surface area (Å²) in [7, 11) is 0. The summed E-state index contributed by atoms with van der Waals surface area (Å²) in [5.41, 5.74) is 2.33. The van der Waals surface area contributed by atoms with Crippen molar-refractivity contribution in [2.45, 2.75) is 13.8 Å². The second-order valence-electron chi connectivity index (χ2n) is 4.69. The molecule has 0 aliphatic carbocycles. The van der Waals surface area contributed by atoms with Gasteiger partial charge >= 0.3 is 5.97 Å². The van der Waals surface area contributed by atoms with E-state index in [2.05, 4.69) is 0 Å². The van der Waals surface area contributed by atoms with E-state index >= 15 is 0 Å². The predicted octanol–water partition coefficient (Wildman–Crippen LogP) is 3.10. The molecule has 108 valence electrons. The first-order chi connectivity index (χ1) is 10.1. The van der Waals surface area contributed by atoms with Gasteiger partial charge in [0.1, 0.15) is 11.5 Å². The summed E-state index contributed by atoms with van der Waals surface area (Å²) < 4.78 is 10.6. The van der Waals surface area contributed by atoms with E-state index in [1.54, 1.807) is 24.3 Å². The van der Waals surface area contributed by atoms with E-state index in [1.165, 1.54) is 0 Å². The number of rotatable bonds is 5. The lowest BCUT2D eigenvalue weighted by molar-refractivity contribution is -0.136. The fourth-order valence-corrected chi connectivity index (χ4v) is 1.82. The molecular formula is C17H16O4. The van der Waals surface area contributed by atoms with E-state index in [0.717, 1.165) is 11.1 Å². The third-order valence-corrected chi connectivity index (χ3v) is 2.96. The van der Waals surface area contributed by atoms with Gasteiger partial charge in [-0.25, -0.2) is 4.79 Å². The molecule has 0 unspecified atom stereocenters. The van der Waals surface area contributed by atoms with Gasteiger partial charge < -0.3 is 9.47 Å². The summed E-state index contributed by atoms with van der Waals surface area (Å²) in [4.78, 5) is 22.6. The molecule has 0 bridgehead atoms. The molecule has 4 heteroatoms. The Morgan fingerprint density at radius 3 is 2.62 bits per heavy atom. The minimum atomic E-state index is -0.551. The zero-order valence-corrected chi connectivity index (χ0v) is 12.0. The Morgan fingerprint density at radius 2 is 1.86 bits per heavy atom. The van der Waals surface area contributed by atoms with Crippen LogP contribution in [0.25, 0.3) is 0 Å². The summed E-state index contributed by atoms with van der Waals surface area (Å²) >= 11 is 0. The van der Waals surface area contributed by atoms with Gasteiger partial charge in [0.05, 0.1) is 5.56 Å². The minimum absolute atomic E-state index is 0.211. The first-order valence-electron chi connectivity index (χ1n) is 6.55. The molecule has 0 fully saturated rings. The average Bonchev–Trinajstić information content (AvgIpc) is 2.49. The van der Waals surface area contributed by atoms with Gasteiger partial charge in [-0.3, -0.25) is 4.79 Å². The van der Waals surface area contributed by atoms with Crippen LogP contribution in [-0.2, 0) is 4.79 Å². The van der Waals surface area contributed by atoms with Crippen LogP contribution in [0.4, 0.5) is 0 Å². The number of carbonyl (C=O) groups excluding carboxylic acids is 2. The maximum Gasteiger partial charge on any atom is 0.349 e. The molecule has 4 nitrogen and oxygen atoms in total. The highest BCUT2D eigenvalue weighted by Crippen LogP contribution is 2.20. The van der Waals surface area contributed by atoms with Crippen LogP contribution in [0.2, 0.25) is 0 Å². The first-order valence-corrected chi connectivity index (χ1v) is 6.55. The van der Waals surface area contributed by atoms with E-state index < -0.39 is 5.97 Å². The Balaban J connectivity index is 1.99. The molecule has 0 N–H and O–H groups in total. The number of para-hydroxylation sites is 1. The van der Waals surface area contributed by atoms with Crippen LogP contribution in [0, 0.1) is 13.8 Å². The number of benzene rings is 2. The lowest BCUT2D eigenvalue weighted by atomic mass is 10.1. The number of hydrogen-bond acceptors (Lipinski definition) is 4. The van der Waals surface area contributed by atoms with E-state index in [4.69, 9.17) is 9.47 Å². The van der Waals surface area contributed by atoms with Crippen LogP contribution >= 0.6 is 0 Å². The van der Waals surface area contributed by atoms with Gasteiger partial charge in [-0.2, -0.15) is 0 Å². The quantitative estimate of drug-likeness (QED) is 0.481. The van der Waals surface area contributed by atoms with Crippen LogP contribution in [0.1, 0.15) is 21.5 Å². The van der Waals surface area contributed by atoms with E-state index in [0.29, 0.717) is 17.6 Å². The van der Waals surface area contributed by atoms with Crippen molar-refractivity contribution in [2.75, 3.05) is 6.61 Å². The van der Waals surface area contributed by atoms with Crippen molar-refractivity contribution in [1.82, 2.24) is 0 Å². The minimum Gasteiger partial charge on any atom is -0.482 e. The molecule has 0 saturated heterocycles. The van der Waals surface area contributed by atoms with Gasteiger partial charge in [-0.05, 0) is 43.2 Å². The zero-order chi connectivity index (χ0) is 15.2. The molecule has 2 rings (SSSR count). The SMILES string of the molecule is Cc1ccc(C)c(OCC(=O)Oc2ccccc2C=O)c1. The predicted molar refractivity (Wildman–Crippen MR) is 78.9 cm³/mol. The number of ether oxygens (including phenoxy) is 2. The van der Waals surface area contributed by atoms with Gasteiger partial charge in [0.25, 0.3) is 0 Å². The van der Waals surface area contributed by atoms with Crippen LogP contribution in [-0.4, -0.2) is 18.9 Å². The first kappa shape index (κ1) is 14.8. The normalized spacial score (nSPS) is 10.0. The lowest BCUT2D eigenvalue weighted by Gasteiger charge is -2.10. The Bertz CT molecular complexity index is 662. The zero-order valence-electron chi connectivity index (χ0n) is 12.0. The molecule has 21 heavy (non-hydrogen) atoms. The molecule has 0 aromatic heterocycles. The molecule has 2 aromatic carbocycles. The summed E-state index contributed by atoms with van der Waals surface area (Å²) in [6, 6.07) is 12.3. The average molecular weight is 284 g/mol. The number of aryl methyl sites for hydroxylation is 2. The van der Waals surface area contributed by atoms with Crippen molar-refractivity contribution in [1.29, 1.82) is 0 Å². The summed E-state index contributed by atoms with van der Waals surface area (Å²) in [6.45, 7) is 3.64. The topological polar surface area (TPSA) is 52.6 Å². The molecule has 0 amide bonds. The number of carbonyl (C=O) groups is 2. The number of hydrogen-bond donors (Lipinski definition) is 0. The second-order valence-corrected chi connectivity index (χ2v) is 4.69. The van der Waals surface area contributed by atoms with Crippen LogP contribution < -0.4 is 9.47 Å². The van der Waals surface area contributed by atoms with Crippen LogP contribution in [0.15, 0.2) is 42.5 Å². The van der Waals surface area contributed by atoms with Crippen LogP contribution in [0.3, 0.4) is 0 Å². The van der Waals surface area contributed by atoms with E-state index in [-0.39, 0.29) is 12.4 Å². The summed E-state index contributed by atoms with van der Waals surface area (Å²) in [5, 5.41) is 0. The van der Waals surface area contributed by atoms with E-state index in [1.807, 2.05) is 32.0 Å². The molecule has 0 saturated carbocycles. The highest BCUT2D eigenvalue weighted by Gasteiger charge is 2.10. The van der Waals surface area contributed by atoms with Gasteiger partial charge in [-0.15, -0.1) is 0 Å². The standard InChI is InChI=1S/C17H16O4/c1-12-7-8-13(2)16(9-12)20-11-17(19)21-15-6-4-3-5-14(15)10-18/h3-10H,11H2,1-2H3. The van der Waals surface area contributed by atoms with Gasteiger partial charge in [0, 0.05) is 0 Å². The largest absolute Gasteiger partial charge is 0.482 e. The molecule has 0 atom stereocenters. The third-order valence-electron chi connectivity index (χ3n) is 2.96. The summed E-state index contributed by atoms with van der Waals surface area (Å²) in [5.74, 6) is 0.336.